The van der Waals surface area contributed by atoms with Crippen LogP contribution >= 0.6 is 11.8 Å². The van der Waals surface area contributed by atoms with Gasteiger partial charge in [-0.25, -0.2) is 0 Å². The van der Waals surface area contributed by atoms with Crippen molar-refractivity contribution in [3.8, 4) is 0 Å². The van der Waals surface area contributed by atoms with Crippen LogP contribution < -0.4 is 0 Å². The summed E-state index contributed by atoms with van der Waals surface area (Å²) in [5.41, 5.74) is 0. The Kier molecular flexibility index (Phi) is 6.13. The van der Waals surface area contributed by atoms with Gasteiger partial charge in [0.2, 0.25) is 5.91 Å². The molecule has 6 heteroatoms. The number of rotatable bonds is 5. The standard InChI is InChI=1S/C13H24N2O3S/c1-9(2)15(10(3)4)12(16)7-14-5-6-19-8-11(14)13(17)18/h9-11H,5-8H2,1-4H3,(H,17,18). The molecule has 0 saturated carbocycles. The summed E-state index contributed by atoms with van der Waals surface area (Å²) in [6.45, 7) is 8.81. The van der Waals surface area contributed by atoms with Crippen LogP contribution in [-0.4, -0.2) is 69.5 Å². The number of hydrogen-bond donors (Lipinski definition) is 1. The van der Waals surface area contributed by atoms with E-state index in [9.17, 15) is 14.7 Å². The van der Waals surface area contributed by atoms with E-state index in [2.05, 4.69) is 0 Å². The summed E-state index contributed by atoms with van der Waals surface area (Å²) in [7, 11) is 0. The fourth-order valence-corrected chi connectivity index (χ4v) is 3.59. The van der Waals surface area contributed by atoms with Crippen LogP contribution in [0.4, 0.5) is 0 Å². The van der Waals surface area contributed by atoms with Crippen LogP contribution in [0.5, 0.6) is 0 Å². The second kappa shape index (κ2) is 7.14. The van der Waals surface area contributed by atoms with Crippen molar-refractivity contribution in [1.82, 2.24) is 9.80 Å². The molecule has 0 aliphatic carbocycles. The van der Waals surface area contributed by atoms with Crippen molar-refractivity contribution in [2.45, 2.75) is 45.8 Å². The van der Waals surface area contributed by atoms with Crippen LogP contribution in [0.3, 0.4) is 0 Å². The Morgan fingerprint density at radius 2 is 1.89 bits per heavy atom. The highest BCUT2D eigenvalue weighted by Gasteiger charge is 2.32. The van der Waals surface area contributed by atoms with Gasteiger partial charge in [-0.05, 0) is 27.7 Å². The van der Waals surface area contributed by atoms with E-state index in [0.29, 0.717) is 12.3 Å². The van der Waals surface area contributed by atoms with Crippen LogP contribution in [0.25, 0.3) is 0 Å². The fraction of sp³-hybridized carbons (Fsp3) is 0.846. The Balaban J connectivity index is 2.70. The number of amides is 1. The van der Waals surface area contributed by atoms with E-state index in [-0.39, 0.29) is 24.5 Å². The Hall–Kier alpha value is -0.750. The normalized spacial score (nSPS) is 20.8. The lowest BCUT2D eigenvalue weighted by Crippen LogP contribution is -2.53. The van der Waals surface area contributed by atoms with Gasteiger partial charge < -0.3 is 10.0 Å². The Labute approximate surface area is 119 Å². The van der Waals surface area contributed by atoms with Gasteiger partial charge in [0.25, 0.3) is 0 Å². The van der Waals surface area contributed by atoms with Crippen molar-refractivity contribution in [3.05, 3.63) is 0 Å². The lowest BCUT2D eigenvalue weighted by atomic mass is 10.2. The Morgan fingerprint density at radius 1 is 1.32 bits per heavy atom. The second-order valence-corrected chi connectivity index (χ2v) is 6.54. The molecule has 110 valence electrons. The SMILES string of the molecule is CC(C)N(C(=O)CN1CCSCC1C(=O)O)C(C)C. The van der Waals surface area contributed by atoms with E-state index in [1.54, 1.807) is 16.7 Å². The van der Waals surface area contributed by atoms with Crippen molar-refractivity contribution >= 4 is 23.6 Å². The third-order valence-electron chi connectivity index (χ3n) is 3.26. The number of hydrogen-bond acceptors (Lipinski definition) is 4. The van der Waals surface area contributed by atoms with Gasteiger partial charge in [-0.1, -0.05) is 0 Å². The Bertz CT molecular complexity index is 326. The van der Waals surface area contributed by atoms with Gasteiger partial charge in [0.1, 0.15) is 6.04 Å². The molecule has 1 atom stereocenters. The fourth-order valence-electron chi connectivity index (χ4n) is 2.48. The summed E-state index contributed by atoms with van der Waals surface area (Å²) in [5, 5.41) is 9.20. The molecule has 1 amide bonds. The molecule has 19 heavy (non-hydrogen) atoms. The summed E-state index contributed by atoms with van der Waals surface area (Å²) < 4.78 is 0. The number of nitrogens with zero attached hydrogens (tertiary/aromatic N) is 2. The predicted molar refractivity (Wildman–Crippen MR) is 77.4 cm³/mol. The maximum absolute atomic E-state index is 12.3. The lowest BCUT2D eigenvalue weighted by Gasteiger charge is -2.36. The molecule has 1 aliphatic heterocycles. The van der Waals surface area contributed by atoms with E-state index in [4.69, 9.17) is 0 Å². The summed E-state index contributed by atoms with van der Waals surface area (Å²) in [6, 6.07) is -0.270. The molecule has 0 bridgehead atoms. The smallest absolute Gasteiger partial charge is 0.321 e. The number of carboxylic acid groups (broad SMARTS) is 1. The van der Waals surface area contributed by atoms with Crippen LogP contribution in [0.2, 0.25) is 0 Å². The first-order chi connectivity index (χ1) is 8.84. The molecule has 1 aliphatic rings. The molecule has 1 unspecified atom stereocenters. The Morgan fingerprint density at radius 3 is 2.37 bits per heavy atom. The van der Waals surface area contributed by atoms with Gasteiger partial charge in [0.05, 0.1) is 6.54 Å². The molecule has 0 aromatic heterocycles. The van der Waals surface area contributed by atoms with Crippen molar-refractivity contribution in [2.75, 3.05) is 24.6 Å². The van der Waals surface area contributed by atoms with E-state index in [1.807, 2.05) is 32.6 Å². The first kappa shape index (κ1) is 16.3. The van der Waals surface area contributed by atoms with Crippen molar-refractivity contribution in [2.24, 2.45) is 0 Å². The minimum atomic E-state index is -0.833. The highest BCUT2D eigenvalue weighted by atomic mass is 32.2. The number of thioether (sulfide) groups is 1. The number of carbonyl (C=O) groups excluding carboxylic acids is 1. The average molecular weight is 288 g/mol. The molecule has 1 rings (SSSR count). The summed E-state index contributed by atoms with van der Waals surface area (Å²) in [4.78, 5) is 27.2. The molecule has 5 nitrogen and oxygen atoms in total. The molecule has 1 N–H and O–H groups in total. The molecule has 1 heterocycles. The van der Waals surface area contributed by atoms with E-state index < -0.39 is 12.0 Å². The molecular weight excluding hydrogens is 264 g/mol. The van der Waals surface area contributed by atoms with E-state index in [1.165, 1.54) is 0 Å². The van der Waals surface area contributed by atoms with Crippen LogP contribution in [0, 0.1) is 0 Å². The van der Waals surface area contributed by atoms with Gasteiger partial charge in [0.15, 0.2) is 0 Å². The molecule has 0 radical (unpaired) electrons. The zero-order chi connectivity index (χ0) is 14.6. The monoisotopic (exact) mass is 288 g/mol. The molecule has 0 aromatic carbocycles. The number of aliphatic carboxylic acids is 1. The van der Waals surface area contributed by atoms with Crippen molar-refractivity contribution < 1.29 is 14.7 Å². The topological polar surface area (TPSA) is 60.9 Å². The zero-order valence-corrected chi connectivity index (χ0v) is 12.9. The molecular formula is C13H24N2O3S. The van der Waals surface area contributed by atoms with Gasteiger partial charge in [-0.3, -0.25) is 14.5 Å². The maximum Gasteiger partial charge on any atom is 0.321 e. The van der Waals surface area contributed by atoms with Gasteiger partial charge in [-0.2, -0.15) is 11.8 Å². The van der Waals surface area contributed by atoms with Gasteiger partial charge in [0, 0.05) is 30.1 Å². The molecule has 0 spiro atoms. The molecule has 0 aromatic rings. The zero-order valence-electron chi connectivity index (χ0n) is 12.1. The lowest BCUT2D eigenvalue weighted by molar-refractivity contribution is -0.144. The second-order valence-electron chi connectivity index (χ2n) is 5.39. The third-order valence-corrected chi connectivity index (χ3v) is 4.29. The van der Waals surface area contributed by atoms with Gasteiger partial charge >= 0.3 is 5.97 Å². The first-order valence-electron chi connectivity index (χ1n) is 6.70. The third kappa shape index (κ3) is 4.38. The number of carboxylic acids is 1. The van der Waals surface area contributed by atoms with Crippen molar-refractivity contribution in [1.29, 1.82) is 0 Å². The predicted octanol–water partition coefficient (Wildman–Crippen LogP) is 1.13. The summed E-state index contributed by atoms with van der Waals surface area (Å²) in [6.07, 6.45) is 0. The van der Waals surface area contributed by atoms with Crippen molar-refractivity contribution in [3.63, 3.8) is 0 Å². The molecule has 1 fully saturated rings. The van der Waals surface area contributed by atoms with Crippen LogP contribution in [-0.2, 0) is 9.59 Å². The number of carbonyl (C=O) groups is 2. The first-order valence-corrected chi connectivity index (χ1v) is 7.85. The maximum atomic E-state index is 12.3. The largest absolute Gasteiger partial charge is 0.480 e. The average Bonchev–Trinajstić information content (AvgIpc) is 2.27. The van der Waals surface area contributed by atoms with Gasteiger partial charge in [-0.15, -0.1) is 0 Å². The van der Waals surface area contributed by atoms with Crippen LogP contribution in [0.15, 0.2) is 0 Å². The highest BCUT2D eigenvalue weighted by molar-refractivity contribution is 7.99. The van der Waals surface area contributed by atoms with Crippen LogP contribution in [0.1, 0.15) is 27.7 Å². The quantitative estimate of drug-likeness (QED) is 0.822. The summed E-state index contributed by atoms with van der Waals surface area (Å²) in [5.74, 6) is 0.635. The van der Waals surface area contributed by atoms with E-state index in [0.717, 1.165) is 5.75 Å². The minimum Gasteiger partial charge on any atom is -0.480 e. The minimum absolute atomic E-state index is 0.0168. The summed E-state index contributed by atoms with van der Waals surface area (Å²) >= 11 is 1.64. The molecule has 1 saturated heterocycles. The van der Waals surface area contributed by atoms with E-state index >= 15 is 0 Å². The highest BCUT2D eigenvalue weighted by Crippen LogP contribution is 2.17.